The van der Waals surface area contributed by atoms with Crippen LogP contribution in [0.3, 0.4) is 0 Å². The summed E-state index contributed by atoms with van der Waals surface area (Å²) in [5.74, 6) is 0. The van der Waals surface area contributed by atoms with Crippen LogP contribution >= 0.6 is 27.3 Å². The minimum absolute atomic E-state index is 0.774. The van der Waals surface area contributed by atoms with Crippen molar-refractivity contribution in [3.8, 4) is 0 Å². The normalized spacial score (nSPS) is 15.8. The molecule has 0 bridgehead atoms. The van der Waals surface area contributed by atoms with Crippen LogP contribution in [-0.2, 0) is 24.3 Å². The summed E-state index contributed by atoms with van der Waals surface area (Å²) in [5, 5.41) is 3.17. The molecule has 0 aromatic carbocycles. The van der Waals surface area contributed by atoms with Gasteiger partial charge in [0.05, 0.1) is 13.2 Å². The first-order chi connectivity index (χ1) is 6.33. The van der Waals surface area contributed by atoms with Crippen molar-refractivity contribution in [1.82, 2.24) is 5.32 Å². The summed E-state index contributed by atoms with van der Waals surface area (Å²) in [7, 11) is 1.97. The van der Waals surface area contributed by atoms with E-state index in [0.717, 1.165) is 26.2 Å². The fraction of sp³-hybridized carbons (Fsp3) is 0.556. The molecular formula is C9H12BrNOS. The van der Waals surface area contributed by atoms with E-state index in [1.54, 1.807) is 0 Å². The molecule has 72 valence electrons. The Hall–Kier alpha value is 0.1000. The molecule has 0 fully saturated rings. The first-order valence-electron chi connectivity index (χ1n) is 4.34. The lowest BCUT2D eigenvalue weighted by Gasteiger charge is -2.11. The molecule has 13 heavy (non-hydrogen) atoms. The third kappa shape index (κ3) is 1.81. The Balaban J connectivity index is 2.33. The number of thiophene rings is 1. The second kappa shape index (κ2) is 4.09. The highest BCUT2D eigenvalue weighted by Gasteiger charge is 2.18. The summed E-state index contributed by atoms with van der Waals surface area (Å²) >= 11 is 5.53. The van der Waals surface area contributed by atoms with Crippen molar-refractivity contribution in [2.45, 2.75) is 19.6 Å². The minimum Gasteiger partial charge on any atom is -0.376 e. The van der Waals surface area contributed by atoms with Gasteiger partial charge in [0, 0.05) is 32.8 Å². The number of hydrogen-bond donors (Lipinski definition) is 1. The first kappa shape index (κ1) is 9.65. The molecule has 4 heteroatoms. The largest absolute Gasteiger partial charge is 0.376 e. The average molecular weight is 262 g/mol. The zero-order valence-corrected chi connectivity index (χ0v) is 9.93. The molecule has 1 aliphatic rings. The van der Waals surface area contributed by atoms with Crippen LogP contribution in [0.2, 0.25) is 0 Å². The Labute approximate surface area is 90.4 Å². The van der Waals surface area contributed by atoms with Crippen LogP contribution in [0, 0.1) is 0 Å². The lowest BCUT2D eigenvalue weighted by molar-refractivity contribution is 0.111. The van der Waals surface area contributed by atoms with Crippen molar-refractivity contribution < 1.29 is 4.74 Å². The van der Waals surface area contributed by atoms with Gasteiger partial charge in [-0.3, -0.25) is 0 Å². The van der Waals surface area contributed by atoms with Crippen LogP contribution in [-0.4, -0.2) is 13.7 Å². The number of nitrogens with one attached hydrogen (secondary N) is 1. The zero-order chi connectivity index (χ0) is 9.26. The summed E-state index contributed by atoms with van der Waals surface area (Å²) in [5.41, 5.74) is 1.36. The molecule has 1 N–H and O–H groups in total. The molecular weight excluding hydrogens is 250 g/mol. The molecule has 0 unspecified atom stereocenters. The van der Waals surface area contributed by atoms with Gasteiger partial charge in [-0.2, -0.15) is 0 Å². The highest BCUT2D eigenvalue weighted by Crippen LogP contribution is 2.35. The molecule has 2 rings (SSSR count). The van der Waals surface area contributed by atoms with Crippen molar-refractivity contribution in [3.63, 3.8) is 0 Å². The molecule has 2 nitrogen and oxygen atoms in total. The Kier molecular flexibility index (Phi) is 3.03. The van der Waals surface area contributed by atoms with Gasteiger partial charge in [0.1, 0.15) is 0 Å². The van der Waals surface area contributed by atoms with E-state index in [1.165, 1.54) is 19.8 Å². The second-order valence-electron chi connectivity index (χ2n) is 3.07. The molecule has 0 spiro atoms. The summed E-state index contributed by atoms with van der Waals surface area (Å²) < 4.78 is 6.68. The van der Waals surface area contributed by atoms with Crippen LogP contribution in [0.15, 0.2) is 4.47 Å². The Bertz CT molecular complexity index is 311. The second-order valence-corrected chi connectivity index (χ2v) is 5.06. The average Bonchev–Trinajstić information content (AvgIpc) is 2.46. The van der Waals surface area contributed by atoms with Gasteiger partial charge in [-0.05, 0) is 23.0 Å². The van der Waals surface area contributed by atoms with Crippen molar-refractivity contribution in [2.24, 2.45) is 0 Å². The van der Waals surface area contributed by atoms with Gasteiger partial charge in [-0.25, -0.2) is 0 Å². The number of halogens is 1. The van der Waals surface area contributed by atoms with Crippen LogP contribution in [0.4, 0.5) is 0 Å². The van der Waals surface area contributed by atoms with Crippen molar-refractivity contribution in [2.75, 3.05) is 13.7 Å². The van der Waals surface area contributed by atoms with Gasteiger partial charge in [0.25, 0.3) is 0 Å². The summed E-state index contributed by atoms with van der Waals surface area (Å²) in [6.45, 7) is 2.59. The predicted octanol–water partition coefficient (Wildman–Crippen LogP) is 2.30. The smallest absolute Gasteiger partial charge is 0.0739 e. The third-order valence-electron chi connectivity index (χ3n) is 2.15. The van der Waals surface area contributed by atoms with Crippen LogP contribution < -0.4 is 5.32 Å². The number of fused-ring (bicyclic) bond motifs is 1. The van der Waals surface area contributed by atoms with E-state index in [0.29, 0.717) is 0 Å². The van der Waals surface area contributed by atoms with E-state index < -0.39 is 0 Å². The maximum Gasteiger partial charge on any atom is 0.0739 e. The van der Waals surface area contributed by atoms with E-state index in [9.17, 15) is 0 Å². The highest BCUT2D eigenvalue weighted by atomic mass is 79.9. The minimum atomic E-state index is 0.774. The number of ether oxygens (including phenoxy) is 1. The molecule has 1 aliphatic heterocycles. The van der Waals surface area contributed by atoms with Gasteiger partial charge >= 0.3 is 0 Å². The Morgan fingerprint density at radius 1 is 1.62 bits per heavy atom. The number of rotatable bonds is 2. The quantitative estimate of drug-likeness (QED) is 0.883. The maximum absolute atomic E-state index is 5.42. The molecule has 0 amide bonds. The monoisotopic (exact) mass is 261 g/mol. The molecule has 0 saturated heterocycles. The lowest BCUT2D eigenvalue weighted by Crippen LogP contribution is -2.07. The van der Waals surface area contributed by atoms with Gasteiger partial charge < -0.3 is 10.1 Å². The van der Waals surface area contributed by atoms with Crippen LogP contribution in [0.5, 0.6) is 0 Å². The zero-order valence-electron chi connectivity index (χ0n) is 7.52. The van der Waals surface area contributed by atoms with Crippen LogP contribution in [0.25, 0.3) is 0 Å². The molecule has 0 saturated carbocycles. The Morgan fingerprint density at radius 3 is 3.15 bits per heavy atom. The van der Waals surface area contributed by atoms with Gasteiger partial charge in [0.15, 0.2) is 0 Å². The van der Waals surface area contributed by atoms with Crippen LogP contribution in [0.1, 0.15) is 15.3 Å². The van der Waals surface area contributed by atoms with Crippen molar-refractivity contribution in [3.05, 3.63) is 19.8 Å². The summed E-state index contributed by atoms with van der Waals surface area (Å²) in [6, 6.07) is 0. The van der Waals surface area contributed by atoms with Gasteiger partial charge in [0.2, 0.25) is 0 Å². The molecule has 0 atom stereocenters. The first-order valence-corrected chi connectivity index (χ1v) is 5.95. The molecule has 0 radical (unpaired) electrons. The van der Waals surface area contributed by atoms with E-state index in [4.69, 9.17) is 4.74 Å². The standard InChI is InChI=1S/C9H12BrNOS/c1-11-4-8-9(10)6-5-12-3-2-7(6)13-8/h11H,2-5H2,1H3. The van der Waals surface area contributed by atoms with E-state index in [1.807, 2.05) is 18.4 Å². The summed E-state index contributed by atoms with van der Waals surface area (Å²) in [4.78, 5) is 2.88. The molecule has 1 aromatic heterocycles. The van der Waals surface area contributed by atoms with E-state index in [-0.39, 0.29) is 0 Å². The van der Waals surface area contributed by atoms with Gasteiger partial charge in [-0.15, -0.1) is 11.3 Å². The fourth-order valence-corrected chi connectivity index (χ4v) is 3.57. The molecule has 2 heterocycles. The predicted molar refractivity (Wildman–Crippen MR) is 58.1 cm³/mol. The van der Waals surface area contributed by atoms with Crippen molar-refractivity contribution >= 4 is 27.3 Å². The third-order valence-corrected chi connectivity index (χ3v) is 4.66. The fourth-order valence-electron chi connectivity index (χ4n) is 1.50. The summed E-state index contributed by atoms with van der Waals surface area (Å²) in [6.07, 6.45) is 1.07. The van der Waals surface area contributed by atoms with Gasteiger partial charge in [-0.1, -0.05) is 0 Å². The highest BCUT2D eigenvalue weighted by molar-refractivity contribution is 9.10. The molecule has 1 aromatic rings. The van der Waals surface area contributed by atoms with Crippen molar-refractivity contribution in [1.29, 1.82) is 0 Å². The van der Waals surface area contributed by atoms with E-state index >= 15 is 0 Å². The number of hydrogen-bond acceptors (Lipinski definition) is 3. The molecule has 0 aliphatic carbocycles. The van der Waals surface area contributed by atoms with E-state index in [2.05, 4.69) is 21.2 Å². The topological polar surface area (TPSA) is 21.3 Å². The maximum atomic E-state index is 5.42. The Morgan fingerprint density at radius 2 is 2.46 bits per heavy atom. The lowest BCUT2D eigenvalue weighted by atomic mass is 10.2. The SMILES string of the molecule is CNCc1sc2c(c1Br)COCC2.